The van der Waals surface area contributed by atoms with Crippen LogP contribution in [-0.2, 0) is 0 Å². The van der Waals surface area contributed by atoms with Crippen LogP contribution in [0.25, 0.3) is 0 Å². The third-order valence-electron chi connectivity index (χ3n) is 4.33. The Kier molecular flexibility index (Phi) is 3.99. The standard InChI is InChI=1S/C19H19NO4/c21-19(13-8-9-17-18(10-13)23-12-22-17)20-14-4-3-7-16(11-14)24-15-5-1-2-6-15/h3-4,7-11,15H,1-2,5-6,12H2,(H,20,21). The van der Waals surface area contributed by atoms with E-state index in [0.29, 0.717) is 28.9 Å². The smallest absolute Gasteiger partial charge is 0.255 e. The number of hydrogen-bond donors (Lipinski definition) is 1. The molecule has 0 bridgehead atoms. The van der Waals surface area contributed by atoms with Crippen molar-refractivity contribution in [3.8, 4) is 17.2 Å². The van der Waals surface area contributed by atoms with Crippen LogP contribution >= 0.6 is 0 Å². The van der Waals surface area contributed by atoms with Crippen LogP contribution in [0.1, 0.15) is 36.0 Å². The van der Waals surface area contributed by atoms with Crippen LogP contribution < -0.4 is 19.5 Å². The Labute approximate surface area is 140 Å². The highest BCUT2D eigenvalue weighted by molar-refractivity contribution is 6.04. The summed E-state index contributed by atoms with van der Waals surface area (Å²) < 4.78 is 16.5. The van der Waals surface area contributed by atoms with Crippen molar-refractivity contribution in [3.63, 3.8) is 0 Å². The van der Waals surface area contributed by atoms with Crippen molar-refractivity contribution in [1.29, 1.82) is 0 Å². The number of ether oxygens (including phenoxy) is 3. The Morgan fingerprint density at radius 1 is 1.04 bits per heavy atom. The lowest BCUT2D eigenvalue weighted by molar-refractivity contribution is 0.102. The predicted molar refractivity (Wildman–Crippen MR) is 89.8 cm³/mol. The maximum atomic E-state index is 12.4. The number of nitrogens with one attached hydrogen (secondary N) is 1. The van der Waals surface area contributed by atoms with Crippen LogP contribution in [0.4, 0.5) is 5.69 Å². The Balaban J connectivity index is 1.45. The SMILES string of the molecule is O=C(Nc1cccc(OC2CCCC2)c1)c1ccc2c(c1)OCO2. The Morgan fingerprint density at radius 2 is 1.88 bits per heavy atom. The third kappa shape index (κ3) is 3.15. The molecule has 4 rings (SSSR count). The molecule has 0 spiro atoms. The van der Waals surface area contributed by atoms with Gasteiger partial charge in [-0.1, -0.05) is 6.07 Å². The molecule has 1 saturated carbocycles. The van der Waals surface area contributed by atoms with E-state index in [2.05, 4.69) is 5.32 Å². The number of fused-ring (bicyclic) bond motifs is 1. The molecule has 1 aliphatic carbocycles. The van der Waals surface area contributed by atoms with Gasteiger partial charge in [0.2, 0.25) is 6.79 Å². The maximum Gasteiger partial charge on any atom is 0.255 e. The second-order valence-corrected chi connectivity index (χ2v) is 6.07. The number of anilines is 1. The predicted octanol–water partition coefficient (Wildman–Crippen LogP) is 3.99. The van der Waals surface area contributed by atoms with E-state index in [4.69, 9.17) is 14.2 Å². The van der Waals surface area contributed by atoms with E-state index in [9.17, 15) is 4.79 Å². The molecule has 0 saturated heterocycles. The fourth-order valence-corrected chi connectivity index (χ4v) is 3.09. The van der Waals surface area contributed by atoms with E-state index in [1.54, 1.807) is 18.2 Å². The first-order chi connectivity index (χ1) is 11.8. The van der Waals surface area contributed by atoms with E-state index < -0.39 is 0 Å². The number of amides is 1. The van der Waals surface area contributed by atoms with Gasteiger partial charge in [-0.2, -0.15) is 0 Å². The molecule has 0 radical (unpaired) electrons. The van der Waals surface area contributed by atoms with Gasteiger partial charge in [0.25, 0.3) is 5.91 Å². The lowest BCUT2D eigenvalue weighted by atomic mass is 10.2. The zero-order valence-corrected chi connectivity index (χ0v) is 13.3. The largest absolute Gasteiger partial charge is 0.490 e. The van der Waals surface area contributed by atoms with Crippen molar-refractivity contribution >= 4 is 11.6 Å². The molecule has 24 heavy (non-hydrogen) atoms. The number of benzene rings is 2. The fourth-order valence-electron chi connectivity index (χ4n) is 3.09. The van der Waals surface area contributed by atoms with Gasteiger partial charge in [-0.25, -0.2) is 0 Å². The van der Waals surface area contributed by atoms with Crippen LogP contribution in [-0.4, -0.2) is 18.8 Å². The average Bonchev–Trinajstić information content (AvgIpc) is 3.25. The van der Waals surface area contributed by atoms with Gasteiger partial charge in [0.15, 0.2) is 11.5 Å². The zero-order chi connectivity index (χ0) is 16.4. The van der Waals surface area contributed by atoms with Crippen molar-refractivity contribution in [1.82, 2.24) is 0 Å². The first-order valence-electron chi connectivity index (χ1n) is 8.26. The van der Waals surface area contributed by atoms with E-state index in [0.717, 1.165) is 18.6 Å². The molecule has 1 heterocycles. The van der Waals surface area contributed by atoms with Crippen LogP contribution in [0.5, 0.6) is 17.2 Å². The Bertz CT molecular complexity index is 753. The minimum atomic E-state index is -0.189. The molecule has 1 aliphatic heterocycles. The molecule has 1 N–H and O–H groups in total. The van der Waals surface area contributed by atoms with Gasteiger partial charge in [0, 0.05) is 17.3 Å². The second-order valence-electron chi connectivity index (χ2n) is 6.07. The monoisotopic (exact) mass is 325 g/mol. The molecule has 1 fully saturated rings. The summed E-state index contributed by atoms with van der Waals surface area (Å²) in [5.41, 5.74) is 1.24. The molecule has 124 valence electrons. The van der Waals surface area contributed by atoms with E-state index in [-0.39, 0.29) is 12.7 Å². The first kappa shape index (κ1) is 14.9. The summed E-state index contributed by atoms with van der Waals surface area (Å²) >= 11 is 0. The van der Waals surface area contributed by atoms with Crippen molar-refractivity contribution in [3.05, 3.63) is 48.0 Å². The van der Waals surface area contributed by atoms with Gasteiger partial charge in [-0.05, 0) is 56.0 Å². The van der Waals surface area contributed by atoms with Crippen molar-refractivity contribution in [2.24, 2.45) is 0 Å². The molecule has 0 aromatic heterocycles. The number of hydrogen-bond acceptors (Lipinski definition) is 4. The van der Waals surface area contributed by atoms with Gasteiger partial charge in [0.1, 0.15) is 5.75 Å². The van der Waals surface area contributed by atoms with E-state index >= 15 is 0 Å². The minimum absolute atomic E-state index is 0.189. The van der Waals surface area contributed by atoms with Crippen LogP contribution in [0, 0.1) is 0 Å². The van der Waals surface area contributed by atoms with Crippen LogP contribution in [0.3, 0.4) is 0 Å². The maximum absolute atomic E-state index is 12.4. The summed E-state index contributed by atoms with van der Waals surface area (Å²) in [7, 11) is 0. The summed E-state index contributed by atoms with van der Waals surface area (Å²) in [6.07, 6.45) is 4.96. The van der Waals surface area contributed by atoms with Gasteiger partial charge in [-0.15, -0.1) is 0 Å². The van der Waals surface area contributed by atoms with Crippen molar-refractivity contribution in [2.75, 3.05) is 12.1 Å². The summed E-state index contributed by atoms with van der Waals surface area (Å²) in [5, 5.41) is 2.90. The molecule has 0 atom stereocenters. The number of carbonyl (C=O) groups is 1. The summed E-state index contributed by atoms with van der Waals surface area (Å²) in [4.78, 5) is 12.4. The number of rotatable bonds is 4. The highest BCUT2D eigenvalue weighted by Crippen LogP contribution is 2.33. The van der Waals surface area contributed by atoms with Gasteiger partial charge >= 0.3 is 0 Å². The highest BCUT2D eigenvalue weighted by atomic mass is 16.7. The molecule has 0 unspecified atom stereocenters. The molecule has 1 amide bonds. The lowest BCUT2D eigenvalue weighted by Gasteiger charge is -2.14. The van der Waals surface area contributed by atoms with Crippen LogP contribution in [0.15, 0.2) is 42.5 Å². The topological polar surface area (TPSA) is 56.8 Å². The molecule has 2 aliphatic rings. The van der Waals surface area contributed by atoms with E-state index in [1.165, 1.54) is 12.8 Å². The Hall–Kier alpha value is -2.69. The molecule has 5 heteroatoms. The minimum Gasteiger partial charge on any atom is -0.490 e. The molecule has 5 nitrogen and oxygen atoms in total. The van der Waals surface area contributed by atoms with E-state index in [1.807, 2.05) is 24.3 Å². The van der Waals surface area contributed by atoms with Crippen LogP contribution in [0.2, 0.25) is 0 Å². The van der Waals surface area contributed by atoms with Gasteiger partial charge in [-0.3, -0.25) is 4.79 Å². The van der Waals surface area contributed by atoms with Gasteiger partial charge < -0.3 is 19.5 Å². The number of carbonyl (C=O) groups excluding carboxylic acids is 1. The molecular formula is C19H19NO4. The molecule has 2 aromatic rings. The van der Waals surface area contributed by atoms with Crippen molar-refractivity contribution in [2.45, 2.75) is 31.8 Å². The summed E-state index contributed by atoms with van der Waals surface area (Å²) in [5.74, 6) is 1.87. The molecular weight excluding hydrogens is 306 g/mol. The normalized spacial score (nSPS) is 16.2. The second kappa shape index (κ2) is 6.43. The zero-order valence-electron chi connectivity index (χ0n) is 13.3. The molecule has 2 aromatic carbocycles. The summed E-state index contributed by atoms with van der Waals surface area (Å²) in [6.45, 7) is 0.195. The van der Waals surface area contributed by atoms with Crippen molar-refractivity contribution < 1.29 is 19.0 Å². The lowest BCUT2D eigenvalue weighted by Crippen LogP contribution is -2.13. The van der Waals surface area contributed by atoms with Gasteiger partial charge in [0.05, 0.1) is 6.10 Å². The fraction of sp³-hybridized carbons (Fsp3) is 0.316. The third-order valence-corrected chi connectivity index (χ3v) is 4.33. The Morgan fingerprint density at radius 3 is 2.75 bits per heavy atom. The summed E-state index contributed by atoms with van der Waals surface area (Å²) in [6, 6.07) is 12.7. The quantitative estimate of drug-likeness (QED) is 0.923. The average molecular weight is 325 g/mol. The highest BCUT2D eigenvalue weighted by Gasteiger charge is 2.18. The first-order valence-corrected chi connectivity index (χ1v) is 8.26.